The minimum absolute atomic E-state index is 0.107. The maximum atomic E-state index is 12.8. The summed E-state index contributed by atoms with van der Waals surface area (Å²) in [4.78, 5) is 37.8. The number of rotatable bonds is 41. The summed E-state index contributed by atoms with van der Waals surface area (Å²) in [6.07, 6.45) is 66.0. The fourth-order valence-corrected chi connectivity index (χ4v) is 5.99. The third-order valence-electron chi connectivity index (χ3n) is 9.62. The Labute approximate surface area is 373 Å². The summed E-state index contributed by atoms with van der Waals surface area (Å²) in [5.74, 6) is -0.980. The molecular weight excluding hydrogens is 757 g/mol. The number of unbranched alkanes of at least 4 members (excludes halogenated alkanes) is 17. The Morgan fingerprint density at radius 1 is 0.344 bits per heavy atom. The highest BCUT2D eigenvalue weighted by Gasteiger charge is 2.19. The SMILES string of the molecule is CC\C=C/C=C\C=C/C=C\CCCCCCCC(=O)OC(COC(=O)CCCCCC/C=C\CCCC)COC(=O)CCCCCCC\C=C/C=C\C=C/C=C\C=C/CCC. The van der Waals surface area contributed by atoms with Crippen molar-refractivity contribution in [3.63, 3.8) is 0 Å². The Kier molecular flexibility index (Phi) is 45.1. The third kappa shape index (κ3) is 46.7. The Balaban J connectivity index is 4.50. The van der Waals surface area contributed by atoms with E-state index in [4.69, 9.17) is 14.2 Å². The van der Waals surface area contributed by atoms with E-state index in [2.05, 4.69) is 81.5 Å². The van der Waals surface area contributed by atoms with Gasteiger partial charge in [-0.15, -0.1) is 0 Å². The summed E-state index contributed by atoms with van der Waals surface area (Å²) < 4.78 is 16.7. The van der Waals surface area contributed by atoms with Crippen molar-refractivity contribution in [3.05, 3.63) is 122 Å². The first kappa shape index (κ1) is 56.8. The number of allylic oxidation sites excluding steroid dienone is 20. The molecule has 6 heteroatoms. The number of hydrogen-bond donors (Lipinski definition) is 0. The smallest absolute Gasteiger partial charge is 0.306 e. The maximum absolute atomic E-state index is 12.8. The van der Waals surface area contributed by atoms with Crippen LogP contribution >= 0.6 is 0 Å². The zero-order chi connectivity index (χ0) is 44.4. The molecule has 0 aliphatic rings. The first-order valence-corrected chi connectivity index (χ1v) is 24.2. The maximum Gasteiger partial charge on any atom is 0.306 e. The lowest BCUT2D eigenvalue weighted by molar-refractivity contribution is -0.167. The Bertz CT molecular complexity index is 1340. The van der Waals surface area contributed by atoms with Crippen LogP contribution < -0.4 is 0 Å². The zero-order valence-electron chi connectivity index (χ0n) is 38.9. The van der Waals surface area contributed by atoms with Crippen LogP contribution in [0.1, 0.15) is 188 Å². The monoisotopic (exact) mass is 843 g/mol. The van der Waals surface area contributed by atoms with Gasteiger partial charge in [-0.3, -0.25) is 14.4 Å². The average molecular weight is 843 g/mol. The largest absolute Gasteiger partial charge is 0.462 e. The number of hydrogen-bond acceptors (Lipinski definition) is 6. The van der Waals surface area contributed by atoms with Crippen molar-refractivity contribution in [2.24, 2.45) is 0 Å². The topological polar surface area (TPSA) is 78.9 Å². The van der Waals surface area contributed by atoms with Gasteiger partial charge in [0.15, 0.2) is 6.10 Å². The lowest BCUT2D eigenvalue weighted by Gasteiger charge is -2.18. The van der Waals surface area contributed by atoms with E-state index in [1.54, 1.807) is 0 Å². The number of ether oxygens (including phenoxy) is 3. The minimum atomic E-state index is -0.808. The molecule has 342 valence electrons. The lowest BCUT2D eigenvalue weighted by Crippen LogP contribution is -2.30. The molecular formula is C55H86O6. The summed E-state index contributed by atoms with van der Waals surface area (Å²) in [5, 5.41) is 0. The van der Waals surface area contributed by atoms with E-state index in [1.165, 1.54) is 19.3 Å². The first-order chi connectivity index (χ1) is 30.0. The van der Waals surface area contributed by atoms with Crippen LogP contribution in [0, 0.1) is 0 Å². The molecule has 0 fully saturated rings. The molecule has 61 heavy (non-hydrogen) atoms. The molecule has 0 aromatic heterocycles. The number of esters is 3. The van der Waals surface area contributed by atoms with Gasteiger partial charge in [-0.2, -0.15) is 0 Å². The van der Waals surface area contributed by atoms with Crippen LogP contribution in [-0.2, 0) is 28.6 Å². The van der Waals surface area contributed by atoms with Crippen LogP contribution in [0.15, 0.2) is 122 Å². The van der Waals surface area contributed by atoms with Gasteiger partial charge in [0.1, 0.15) is 13.2 Å². The highest BCUT2D eigenvalue weighted by atomic mass is 16.6. The van der Waals surface area contributed by atoms with Crippen LogP contribution in [0.5, 0.6) is 0 Å². The van der Waals surface area contributed by atoms with Gasteiger partial charge in [0.25, 0.3) is 0 Å². The highest BCUT2D eigenvalue weighted by Crippen LogP contribution is 2.12. The molecule has 0 aromatic rings. The number of carbonyl (C=O) groups excluding carboxylic acids is 3. The quantitative estimate of drug-likeness (QED) is 0.0201. The van der Waals surface area contributed by atoms with E-state index >= 15 is 0 Å². The second-order valence-electron chi connectivity index (χ2n) is 15.5. The van der Waals surface area contributed by atoms with Crippen molar-refractivity contribution in [1.82, 2.24) is 0 Å². The molecule has 0 N–H and O–H groups in total. The van der Waals surface area contributed by atoms with Crippen molar-refractivity contribution in [3.8, 4) is 0 Å². The number of carbonyl (C=O) groups is 3. The van der Waals surface area contributed by atoms with E-state index in [9.17, 15) is 14.4 Å². The van der Waals surface area contributed by atoms with E-state index in [0.717, 1.165) is 128 Å². The van der Waals surface area contributed by atoms with Gasteiger partial charge in [-0.1, -0.05) is 213 Å². The molecule has 0 spiro atoms. The van der Waals surface area contributed by atoms with Gasteiger partial charge in [0, 0.05) is 19.3 Å². The molecule has 6 nitrogen and oxygen atoms in total. The minimum Gasteiger partial charge on any atom is -0.462 e. The summed E-state index contributed by atoms with van der Waals surface area (Å²) in [5.41, 5.74) is 0. The third-order valence-corrected chi connectivity index (χ3v) is 9.62. The Morgan fingerprint density at radius 3 is 1.11 bits per heavy atom. The zero-order valence-corrected chi connectivity index (χ0v) is 38.9. The molecule has 0 amide bonds. The fraction of sp³-hybridized carbons (Fsp3) is 0.582. The Hall–Kier alpha value is -4.19. The summed E-state index contributed by atoms with van der Waals surface area (Å²) in [6, 6.07) is 0. The second kappa shape index (κ2) is 48.5. The van der Waals surface area contributed by atoms with Gasteiger partial charge in [0.2, 0.25) is 0 Å². The first-order valence-electron chi connectivity index (χ1n) is 24.2. The van der Waals surface area contributed by atoms with Crippen LogP contribution in [0.2, 0.25) is 0 Å². The molecule has 1 atom stereocenters. The van der Waals surface area contributed by atoms with Crippen molar-refractivity contribution < 1.29 is 28.6 Å². The second-order valence-corrected chi connectivity index (χ2v) is 15.5. The molecule has 0 radical (unpaired) electrons. The molecule has 0 rings (SSSR count). The molecule has 0 aromatic carbocycles. The predicted molar refractivity (Wildman–Crippen MR) is 260 cm³/mol. The molecule has 0 bridgehead atoms. The van der Waals surface area contributed by atoms with Crippen molar-refractivity contribution >= 4 is 17.9 Å². The average Bonchev–Trinajstić information content (AvgIpc) is 3.26. The molecule has 0 saturated carbocycles. The van der Waals surface area contributed by atoms with Crippen LogP contribution in [-0.4, -0.2) is 37.2 Å². The molecule has 0 aliphatic carbocycles. The highest BCUT2D eigenvalue weighted by molar-refractivity contribution is 5.71. The summed E-state index contributed by atoms with van der Waals surface area (Å²) >= 11 is 0. The molecule has 1 unspecified atom stereocenters. The van der Waals surface area contributed by atoms with Gasteiger partial charge >= 0.3 is 17.9 Å². The van der Waals surface area contributed by atoms with E-state index in [1.807, 2.05) is 60.8 Å². The van der Waals surface area contributed by atoms with Crippen LogP contribution in [0.3, 0.4) is 0 Å². The normalized spacial score (nSPS) is 13.2. The van der Waals surface area contributed by atoms with Gasteiger partial charge in [-0.05, 0) is 77.0 Å². The van der Waals surface area contributed by atoms with E-state index in [0.29, 0.717) is 12.8 Å². The van der Waals surface area contributed by atoms with E-state index < -0.39 is 6.10 Å². The lowest BCUT2D eigenvalue weighted by atomic mass is 10.1. The van der Waals surface area contributed by atoms with Crippen molar-refractivity contribution in [1.29, 1.82) is 0 Å². The van der Waals surface area contributed by atoms with Crippen LogP contribution in [0.25, 0.3) is 0 Å². The summed E-state index contributed by atoms with van der Waals surface area (Å²) in [7, 11) is 0. The van der Waals surface area contributed by atoms with Gasteiger partial charge in [-0.25, -0.2) is 0 Å². The Morgan fingerprint density at radius 2 is 0.689 bits per heavy atom. The molecule has 0 saturated heterocycles. The predicted octanol–water partition coefficient (Wildman–Crippen LogP) is 15.7. The van der Waals surface area contributed by atoms with Crippen molar-refractivity contribution in [2.75, 3.05) is 13.2 Å². The van der Waals surface area contributed by atoms with Crippen molar-refractivity contribution in [2.45, 2.75) is 194 Å². The molecule has 0 heterocycles. The van der Waals surface area contributed by atoms with E-state index in [-0.39, 0.29) is 37.5 Å². The van der Waals surface area contributed by atoms with Gasteiger partial charge < -0.3 is 14.2 Å². The molecule has 0 aliphatic heterocycles. The van der Waals surface area contributed by atoms with Gasteiger partial charge in [0.05, 0.1) is 0 Å². The fourth-order valence-electron chi connectivity index (χ4n) is 5.99. The standard InChI is InChI=1S/C55H86O6/c1-4-7-10-13-16-19-22-24-26-27-28-30-31-33-36-39-42-45-48-54(57)60-51-52(50-59-53(56)47-44-41-38-35-21-18-15-12-9-6-3)61-55(58)49-46-43-40-37-34-32-29-25-23-20-17-14-11-8-5-2/h8,10-11,13-20,22-30,52H,4-7,9,12,21,31-51H2,1-3H3/b11-8-,13-10-,17-14-,18-15-,19-16-,23-20-,24-22-,27-26-,29-25-,30-28-. The summed E-state index contributed by atoms with van der Waals surface area (Å²) in [6.45, 7) is 6.28. The van der Waals surface area contributed by atoms with Crippen LogP contribution in [0.4, 0.5) is 0 Å².